The van der Waals surface area contributed by atoms with Gasteiger partial charge in [-0.1, -0.05) is 6.58 Å². The molecular weight excluding hydrogens is 212 g/mol. The minimum atomic E-state index is -0.935. The number of carbonyl (C=O) groups is 1. The standard InChI is InChI=1S/C4H6O2.C3H6O.2C2H4O/c1-3(2)4(5)6;1-3-2-4-3;2*1-2-3-1/h1H2,2H3,(H,5,6);3H,2H2,1H3;2*1-2H2. The maximum atomic E-state index is 9.60. The van der Waals surface area contributed by atoms with Crippen LogP contribution in [0, 0.1) is 0 Å². The number of aliphatic carboxylic acids is 1. The van der Waals surface area contributed by atoms with E-state index in [2.05, 4.69) is 23.0 Å². The fourth-order valence-electron chi connectivity index (χ4n) is 0.0962. The van der Waals surface area contributed by atoms with Crippen LogP contribution >= 0.6 is 0 Å². The van der Waals surface area contributed by atoms with Crippen LogP contribution in [0.1, 0.15) is 13.8 Å². The third-order valence-electron chi connectivity index (χ3n) is 1.27. The lowest BCUT2D eigenvalue weighted by Crippen LogP contribution is -1.92. The van der Waals surface area contributed by atoms with E-state index in [9.17, 15) is 4.79 Å². The summed E-state index contributed by atoms with van der Waals surface area (Å²) < 4.78 is 13.7. The second-order valence-electron chi connectivity index (χ2n) is 3.45. The van der Waals surface area contributed by atoms with E-state index >= 15 is 0 Å². The molecule has 0 aromatic heterocycles. The highest BCUT2D eigenvalue weighted by molar-refractivity contribution is 5.84. The van der Waals surface area contributed by atoms with E-state index < -0.39 is 5.97 Å². The van der Waals surface area contributed by atoms with E-state index in [1.54, 1.807) is 0 Å². The summed E-state index contributed by atoms with van der Waals surface area (Å²) in [6.45, 7) is 11.6. The summed E-state index contributed by atoms with van der Waals surface area (Å²) in [7, 11) is 0. The first-order valence-corrected chi connectivity index (χ1v) is 5.20. The monoisotopic (exact) mass is 232 g/mol. The largest absolute Gasteiger partial charge is 0.478 e. The minimum absolute atomic E-state index is 0.176. The fraction of sp³-hybridized carbons (Fsp3) is 0.727. The Morgan fingerprint density at radius 2 is 1.44 bits per heavy atom. The Balaban J connectivity index is 0.000000194. The van der Waals surface area contributed by atoms with Gasteiger partial charge in [-0.25, -0.2) is 4.79 Å². The third-order valence-corrected chi connectivity index (χ3v) is 1.27. The predicted molar refractivity (Wildman–Crippen MR) is 59.5 cm³/mol. The van der Waals surface area contributed by atoms with Crippen LogP contribution < -0.4 is 0 Å². The van der Waals surface area contributed by atoms with Gasteiger partial charge in [-0.3, -0.25) is 0 Å². The number of ether oxygens (including phenoxy) is 3. The van der Waals surface area contributed by atoms with Crippen LogP contribution in [0.4, 0.5) is 0 Å². The van der Waals surface area contributed by atoms with Crippen molar-refractivity contribution < 1.29 is 24.1 Å². The van der Waals surface area contributed by atoms with Crippen LogP contribution in [0.25, 0.3) is 0 Å². The quantitative estimate of drug-likeness (QED) is 0.541. The molecule has 5 heteroatoms. The molecule has 5 nitrogen and oxygen atoms in total. The van der Waals surface area contributed by atoms with Gasteiger partial charge in [0.05, 0.1) is 39.1 Å². The van der Waals surface area contributed by atoms with Crippen LogP contribution in [0.5, 0.6) is 0 Å². The van der Waals surface area contributed by atoms with Crippen molar-refractivity contribution in [2.75, 3.05) is 33.0 Å². The van der Waals surface area contributed by atoms with Gasteiger partial charge in [-0.15, -0.1) is 0 Å². The highest BCUT2D eigenvalue weighted by atomic mass is 16.6. The van der Waals surface area contributed by atoms with Crippen molar-refractivity contribution in [1.82, 2.24) is 0 Å². The molecule has 16 heavy (non-hydrogen) atoms. The van der Waals surface area contributed by atoms with Crippen molar-refractivity contribution in [3.8, 4) is 0 Å². The summed E-state index contributed by atoms with van der Waals surface area (Å²) in [5.41, 5.74) is 0.176. The van der Waals surface area contributed by atoms with Gasteiger partial charge in [0, 0.05) is 5.57 Å². The summed E-state index contributed by atoms with van der Waals surface area (Å²) in [5.74, 6) is -0.935. The highest BCUT2D eigenvalue weighted by Crippen LogP contribution is 2.04. The molecule has 3 fully saturated rings. The van der Waals surface area contributed by atoms with Crippen LogP contribution in [0.2, 0.25) is 0 Å². The number of carboxylic acid groups (broad SMARTS) is 1. The van der Waals surface area contributed by atoms with E-state index in [4.69, 9.17) is 9.84 Å². The van der Waals surface area contributed by atoms with Crippen LogP contribution in [-0.2, 0) is 19.0 Å². The van der Waals surface area contributed by atoms with Gasteiger partial charge in [0.2, 0.25) is 0 Å². The van der Waals surface area contributed by atoms with Crippen molar-refractivity contribution in [2.45, 2.75) is 20.0 Å². The molecule has 3 aliphatic heterocycles. The molecule has 0 saturated carbocycles. The first-order chi connectivity index (χ1) is 7.54. The first kappa shape index (κ1) is 15.1. The summed E-state index contributed by atoms with van der Waals surface area (Å²) >= 11 is 0. The van der Waals surface area contributed by atoms with Crippen molar-refractivity contribution >= 4 is 5.97 Å². The van der Waals surface area contributed by atoms with Crippen molar-refractivity contribution in [1.29, 1.82) is 0 Å². The predicted octanol–water partition coefficient (Wildman–Crippen LogP) is 1.09. The van der Waals surface area contributed by atoms with Crippen molar-refractivity contribution in [2.24, 2.45) is 0 Å². The Labute approximate surface area is 96.0 Å². The molecule has 0 aromatic carbocycles. The smallest absolute Gasteiger partial charge is 0.330 e. The van der Waals surface area contributed by atoms with E-state index in [0.29, 0.717) is 6.10 Å². The number of hydrogen-bond acceptors (Lipinski definition) is 4. The van der Waals surface area contributed by atoms with Gasteiger partial charge in [0.15, 0.2) is 0 Å². The van der Waals surface area contributed by atoms with E-state index in [1.165, 1.54) is 6.92 Å². The highest BCUT2D eigenvalue weighted by Gasteiger charge is 2.13. The number of carboxylic acids is 1. The van der Waals surface area contributed by atoms with Gasteiger partial charge in [-0.2, -0.15) is 0 Å². The molecule has 0 aromatic rings. The van der Waals surface area contributed by atoms with Gasteiger partial charge in [-0.05, 0) is 13.8 Å². The zero-order chi connectivity index (χ0) is 12.4. The topological polar surface area (TPSA) is 74.9 Å². The lowest BCUT2D eigenvalue weighted by atomic mass is 10.4. The van der Waals surface area contributed by atoms with Crippen LogP contribution in [-0.4, -0.2) is 50.2 Å². The molecule has 94 valence electrons. The molecule has 1 N–H and O–H groups in total. The molecule has 3 heterocycles. The maximum Gasteiger partial charge on any atom is 0.330 e. The molecule has 3 saturated heterocycles. The maximum absolute atomic E-state index is 9.60. The van der Waals surface area contributed by atoms with Crippen LogP contribution in [0.3, 0.4) is 0 Å². The molecule has 0 bridgehead atoms. The molecular formula is C11H20O5. The SMILES string of the molecule is C1CO1.C1CO1.C=C(C)C(=O)O.CC1CO1. The molecule has 0 spiro atoms. The molecule has 3 aliphatic rings. The van der Waals surface area contributed by atoms with E-state index in [1.807, 2.05) is 0 Å². The van der Waals surface area contributed by atoms with Gasteiger partial charge < -0.3 is 19.3 Å². The average molecular weight is 232 g/mol. The van der Waals surface area contributed by atoms with Gasteiger partial charge in [0.1, 0.15) is 0 Å². The number of rotatable bonds is 1. The molecule has 1 atom stereocenters. The Morgan fingerprint density at radius 1 is 1.25 bits per heavy atom. The second-order valence-corrected chi connectivity index (χ2v) is 3.45. The van der Waals surface area contributed by atoms with Crippen molar-refractivity contribution in [3.05, 3.63) is 12.2 Å². The van der Waals surface area contributed by atoms with Gasteiger partial charge in [0.25, 0.3) is 0 Å². The minimum Gasteiger partial charge on any atom is -0.478 e. The lowest BCUT2D eigenvalue weighted by molar-refractivity contribution is -0.132. The second kappa shape index (κ2) is 9.33. The zero-order valence-corrected chi connectivity index (χ0v) is 9.90. The van der Waals surface area contributed by atoms with E-state index in [-0.39, 0.29) is 5.57 Å². The summed E-state index contributed by atoms with van der Waals surface area (Å²) in [6, 6.07) is 0. The van der Waals surface area contributed by atoms with Crippen LogP contribution in [0.15, 0.2) is 12.2 Å². The summed E-state index contributed by atoms with van der Waals surface area (Å²) in [6.07, 6.45) is 0.583. The van der Waals surface area contributed by atoms with Gasteiger partial charge >= 0.3 is 5.97 Å². The fourth-order valence-corrected chi connectivity index (χ4v) is 0.0962. The molecule has 0 aliphatic carbocycles. The third kappa shape index (κ3) is 29.2. The molecule has 3 rings (SSSR count). The molecule has 1 unspecified atom stereocenters. The Hall–Kier alpha value is -0.910. The summed E-state index contributed by atoms with van der Waals surface area (Å²) in [4.78, 5) is 9.60. The summed E-state index contributed by atoms with van der Waals surface area (Å²) in [5, 5.41) is 7.89. The number of epoxide rings is 3. The number of hydrogen-bond donors (Lipinski definition) is 1. The molecule has 0 radical (unpaired) electrons. The first-order valence-electron chi connectivity index (χ1n) is 5.20. The lowest BCUT2D eigenvalue weighted by Gasteiger charge is -1.79. The average Bonchev–Trinajstić information content (AvgIpc) is 3.02. The Bertz CT molecular complexity index is 183. The van der Waals surface area contributed by atoms with E-state index in [0.717, 1.165) is 33.0 Å². The normalized spacial score (nSPS) is 21.8. The van der Waals surface area contributed by atoms with Crippen molar-refractivity contribution in [3.63, 3.8) is 0 Å². The zero-order valence-electron chi connectivity index (χ0n) is 9.90. The Kier molecular flexibility index (Phi) is 8.80. The molecule has 0 amide bonds. The Morgan fingerprint density at radius 3 is 1.44 bits per heavy atom.